The maximum absolute atomic E-state index is 10.2. The van der Waals surface area contributed by atoms with E-state index in [1.807, 2.05) is 152 Å². The summed E-state index contributed by atoms with van der Waals surface area (Å²) in [6, 6.07) is 52.3. The summed E-state index contributed by atoms with van der Waals surface area (Å²) >= 11 is 0. The molecule has 0 aromatic heterocycles. The summed E-state index contributed by atoms with van der Waals surface area (Å²) < 4.78 is 30.5. The second-order valence-corrected chi connectivity index (χ2v) is 13.3. The number of nitriles is 1. The zero-order valence-corrected chi connectivity index (χ0v) is 43.1. The van der Waals surface area contributed by atoms with Crippen molar-refractivity contribution in [1.29, 1.82) is 5.26 Å². The average molecular weight is 1100 g/mol. The number of benzene rings is 7. The Morgan fingerprint density at radius 3 is 0.843 bits per heavy atom. The number of rotatable bonds is 16. The van der Waals surface area contributed by atoms with E-state index in [4.69, 9.17) is 33.7 Å². The average Bonchev–Trinajstić information content (AvgIpc) is 3.40. The predicted octanol–water partition coefficient (Wildman–Crippen LogP) is 12.1. The first-order valence-electron chi connectivity index (χ1n) is 20.4. The number of carbonyl (C=O) groups excluding carboxylic acids is 1. The molecule has 7 aromatic carbocycles. The standard InChI is InChI=1S/3C15H15N2O2.C8H5NO2.2Mo/c3*1-18-14-7-3-12(4-8-14)16-11-17-13-5-9-15(19-2)10-6-13;9-5-6-1-3-7(4-2-6)8(10)11;;/h3*3-11H,1-2H3;1-4H,(H,10,11);;/q3*-1;;2*+2/p-1. The number of aliphatic imine (C=N–C) groups is 3. The van der Waals surface area contributed by atoms with Crippen LogP contribution in [0.2, 0.25) is 0 Å². The second-order valence-electron chi connectivity index (χ2n) is 13.3. The van der Waals surface area contributed by atoms with E-state index < -0.39 is 5.97 Å². The first-order valence-corrected chi connectivity index (χ1v) is 20.4. The summed E-state index contributed by atoms with van der Waals surface area (Å²) in [5.74, 6) is 3.64. The van der Waals surface area contributed by atoms with Crippen molar-refractivity contribution in [2.24, 2.45) is 15.0 Å². The Morgan fingerprint density at radius 1 is 0.414 bits per heavy atom. The molecule has 15 nitrogen and oxygen atoms in total. The van der Waals surface area contributed by atoms with Gasteiger partial charge in [0.2, 0.25) is 0 Å². The van der Waals surface area contributed by atoms with Crippen molar-refractivity contribution < 1.29 is 80.5 Å². The Bertz CT molecular complexity index is 2420. The van der Waals surface area contributed by atoms with Gasteiger partial charge in [-0.25, -0.2) is 0 Å². The number of nitrogens with zero attached hydrogens (tertiary/aromatic N) is 7. The molecule has 7 aromatic rings. The number of methoxy groups -OCH3 is 6. The van der Waals surface area contributed by atoms with Crippen molar-refractivity contribution in [3.63, 3.8) is 0 Å². The van der Waals surface area contributed by atoms with Crippen LogP contribution in [0.3, 0.4) is 0 Å². The molecule has 0 unspecified atom stereocenters. The number of carbonyl (C=O) groups is 1. The van der Waals surface area contributed by atoms with Crippen molar-refractivity contribution in [2.75, 3.05) is 42.7 Å². The molecular weight excluding hydrogens is 1050 g/mol. The third kappa shape index (κ3) is 21.8. The van der Waals surface area contributed by atoms with Gasteiger partial charge >= 0.3 is 42.1 Å². The zero-order chi connectivity index (χ0) is 48.8. The molecule has 0 bridgehead atoms. The zero-order valence-electron chi connectivity index (χ0n) is 39.1. The number of carboxylic acid groups (broad SMARTS) is 1. The molecule has 0 aliphatic heterocycles. The largest absolute Gasteiger partial charge is 2.00 e. The number of aromatic carboxylic acids is 1. The topological polar surface area (TPSA) is 199 Å². The number of carboxylic acids is 1. The van der Waals surface area contributed by atoms with Gasteiger partial charge in [-0.3, -0.25) is 0 Å². The van der Waals surface area contributed by atoms with Crippen LogP contribution in [0.15, 0.2) is 185 Å². The Morgan fingerprint density at radius 2 is 0.643 bits per heavy atom. The van der Waals surface area contributed by atoms with E-state index in [0.717, 1.165) is 68.6 Å². The van der Waals surface area contributed by atoms with Crippen LogP contribution in [-0.4, -0.2) is 67.6 Å². The van der Waals surface area contributed by atoms with Crippen LogP contribution in [0, 0.1) is 11.3 Å². The molecule has 0 spiro atoms. The minimum atomic E-state index is -1.23. The molecule has 0 saturated heterocycles. The molecule has 0 aliphatic carbocycles. The number of hydrogen-bond acceptors (Lipinski definition) is 12. The van der Waals surface area contributed by atoms with E-state index in [2.05, 4.69) is 30.9 Å². The van der Waals surface area contributed by atoms with Gasteiger partial charge in [-0.05, 0) is 125 Å². The van der Waals surface area contributed by atoms with Gasteiger partial charge in [0.05, 0.1) is 60.3 Å². The van der Waals surface area contributed by atoms with Gasteiger partial charge in [-0.1, -0.05) is 104 Å². The van der Waals surface area contributed by atoms with E-state index in [9.17, 15) is 9.90 Å². The van der Waals surface area contributed by atoms with Crippen molar-refractivity contribution >= 4 is 59.1 Å². The Hall–Kier alpha value is -7.91. The molecule has 0 fully saturated rings. The molecule has 0 N–H and O–H groups in total. The van der Waals surface area contributed by atoms with Gasteiger partial charge in [0, 0.05) is 0 Å². The molecule has 0 amide bonds. The van der Waals surface area contributed by atoms with E-state index in [-0.39, 0.29) is 47.7 Å². The van der Waals surface area contributed by atoms with Gasteiger partial charge in [0.25, 0.3) is 0 Å². The van der Waals surface area contributed by atoms with Crippen LogP contribution >= 0.6 is 0 Å². The molecule has 356 valence electrons. The maximum Gasteiger partial charge on any atom is 2.00 e. The summed E-state index contributed by atoms with van der Waals surface area (Å²) in [6.45, 7) is 0. The van der Waals surface area contributed by atoms with Crippen molar-refractivity contribution in [3.8, 4) is 40.6 Å². The Labute approximate surface area is 437 Å². The van der Waals surface area contributed by atoms with Gasteiger partial charge in [-0.2, -0.15) is 5.26 Å². The van der Waals surface area contributed by atoms with Gasteiger partial charge in [0.1, 0.15) is 34.5 Å². The molecule has 0 radical (unpaired) electrons. The molecule has 0 aliphatic rings. The van der Waals surface area contributed by atoms with E-state index in [0.29, 0.717) is 5.56 Å². The summed E-state index contributed by atoms with van der Waals surface area (Å²) in [4.78, 5) is 22.9. The first kappa shape index (κ1) is 58.2. The molecule has 17 heteroatoms. The van der Waals surface area contributed by atoms with Crippen LogP contribution in [0.4, 0.5) is 34.1 Å². The minimum Gasteiger partial charge on any atom is -0.545 e. The minimum absolute atomic E-state index is 0. The quantitative estimate of drug-likeness (QED) is 0.0513. The Balaban J connectivity index is 0.000000323. The SMILES string of the molecule is COc1ccc(N=C[N-]c2ccc(OC)cc2)cc1.COc1ccc(N=C[N-]c2ccc(OC)cc2)cc1.COc1ccc(N=C[N-]c2ccc(OC)cc2)cc1.N#Cc1ccc(C(=O)[O-])cc1.[Mo+2].[Mo+2]. The van der Waals surface area contributed by atoms with E-state index >= 15 is 0 Å². The smallest absolute Gasteiger partial charge is 0.545 e. The fraction of sp³-hybridized carbons (Fsp3) is 0.113. The van der Waals surface area contributed by atoms with E-state index in [1.54, 1.807) is 42.7 Å². The summed E-state index contributed by atoms with van der Waals surface area (Å²) in [7, 11) is 9.82. The molecular formula is C53H49Mo2N7O8. The number of ether oxygens (including phenoxy) is 6. The van der Waals surface area contributed by atoms with Crippen LogP contribution in [0.25, 0.3) is 16.0 Å². The fourth-order valence-electron chi connectivity index (χ4n) is 5.18. The van der Waals surface area contributed by atoms with Crippen molar-refractivity contribution in [1.82, 2.24) is 0 Å². The first-order chi connectivity index (χ1) is 33.2. The fourth-order valence-corrected chi connectivity index (χ4v) is 5.18. The monoisotopic (exact) mass is 1110 g/mol. The van der Waals surface area contributed by atoms with Gasteiger partial charge in [0.15, 0.2) is 0 Å². The van der Waals surface area contributed by atoms with Crippen LogP contribution in [0.1, 0.15) is 15.9 Å². The van der Waals surface area contributed by atoms with Gasteiger partial charge in [-0.15, -0.1) is 0 Å². The summed E-state index contributed by atoms with van der Waals surface area (Å²) in [5.41, 5.74) is 5.52. The van der Waals surface area contributed by atoms with Crippen molar-refractivity contribution in [2.45, 2.75) is 0 Å². The summed E-state index contributed by atoms with van der Waals surface area (Å²) in [6.07, 6.45) is 4.59. The van der Waals surface area contributed by atoms with Crippen LogP contribution in [-0.2, 0) is 42.1 Å². The maximum atomic E-state index is 10.2. The van der Waals surface area contributed by atoms with Crippen LogP contribution in [0.5, 0.6) is 34.5 Å². The third-order valence-electron chi connectivity index (χ3n) is 8.93. The second kappa shape index (κ2) is 33.5. The molecule has 0 atom stereocenters. The molecule has 0 saturated carbocycles. The molecule has 0 heterocycles. The molecule has 7 rings (SSSR count). The van der Waals surface area contributed by atoms with Crippen molar-refractivity contribution in [3.05, 3.63) is 197 Å². The number of hydrogen-bond donors (Lipinski definition) is 0. The van der Waals surface area contributed by atoms with E-state index in [1.165, 1.54) is 43.3 Å². The van der Waals surface area contributed by atoms with Gasteiger partial charge < -0.3 is 69.2 Å². The molecule has 70 heavy (non-hydrogen) atoms. The Kier molecular flexibility index (Phi) is 27.9. The predicted molar refractivity (Wildman–Crippen MR) is 267 cm³/mol. The normalized spacial score (nSPS) is 9.84. The summed E-state index contributed by atoms with van der Waals surface area (Å²) in [5, 5.41) is 31.3. The van der Waals surface area contributed by atoms with Crippen LogP contribution < -0.4 is 33.5 Å². The third-order valence-corrected chi connectivity index (χ3v) is 8.93.